The molecule has 0 heterocycles. The fourth-order valence-corrected chi connectivity index (χ4v) is 1.76. The van der Waals surface area contributed by atoms with Crippen LogP contribution in [0.5, 0.6) is 11.5 Å². The zero-order valence-electron chi connectivity index (χ0n) is 13.5. The van der Waals surface area contributed by atoms with Crippen LogP contribution in [-0.4, -0.2) is 18.8 Å². The quantitative estimate of drug-likeness (QED) is 0.736. The lowest BCUT2D eigenvalue weighted by Crippen LogP contribution is -2.24. The van der Waals surface area contributed by atoms with Crippen LogP contribution in [-0.2, 0) is 6.54 Å². The Morgan fingerprint density at radius 3 is 2.40 bits per heavy atom. The normalized spacial score (nSPS) is 13.8. The summed E-state index contributed by atoms with van der Waals surface area (Å²) >= 11 is 0. The van der Waals surface area contributed by atoms with Crippen LogP contribution in [0.4, 0.5) is 0 Å². The van der Waals surface area contributed by atoms with Crippen molar-refractivity contribution in [2.75, 3.05) is 6.61 Å². The van der Waals surface area contributed by atoms with Gasteiger partial charge in [0.25, 0.3) is 0 Å². The number of benzene rings is 1. The maximum atomic E-state index is 5.90. The third-order valence-corrected chi connectivity index (χ3v) is 3.48. The molecule has 0 saturated carbocycles. The van der Waals surface area contributed by atoms with Crippen molar-refractivity contribution in [3.05, 3.63) is 23.8 Å². The highest BCUT2D eigenvalue weighted by atomic mass is 16.5. The molecule has 0 amide bonds. The zero-order chi connectivity index (χ0) is 15.0. The third kappa shape index (κ3) is 5.41. The van der Waals surface area contributed by atoms with Crippen LogP contribution in [0.25, 0.3) is 0 Å². The summed E-state index contributed by atoms with van der Waals surface area (Å²) in [6.07, 6.45) is 2.33. The average molecular weight is 279 g/mol. The topological polar surface area (TPSA) is 30.5 Å². The summed E-state index contributed by atoms with van der Waals surface area (Å²) in [5.74, 6) is 1.68. The summed E-state index contributed by atoms with van der Waals surface area (Å²) in [5.41, 5.74) is 1.23. The second kappa shape index (κ2) is 8.85. The second-order valence-corrected chi connectivity index (χ2v) is 5.24. The van der Waals surface area contributed by atoms with Gasteiger partial charge in [-0.25, -0.2) is 0 Å². The molecule has 0 aromatic heterocycles. The van der Waals surface area contributed by atoms with E-state index in [2.05, 4.69) is 45.1 Å². The molecule has 2 atom stereocenters. The van der Waals surface area contributed by atoms with Gasteiger partial charge in [-0.3, -0.25) is 0 Å². The van der Waals surface area contributed by atoms with Crippen molar-refractivity contribution in [2.45, 2.75) is 66.2 Å². The zero-order valence-corrected chi connectivity index (χ0v) is 13.5. The van der Waals surface area contributed by atoms with Crippen LogP contribution in [0.15, 0.2) is 18.2 Å². The molecule has 0 bridgehead atoms. The first kappa shape index (κ1) is 16.8. The lowest BCUT2D eigenvalue weighted by molar-refractivity contribution is 0.203. The van der Waals surface area contributed by atoms with Gasteiger partial charge in [0.05, 0.1) is 12.7 Å². The minimum Gasteiger partial charge on any atom is -0.490 e. The number of hydrogen-bond donors (Lipinski definition) is 1. The van der Waals surface area contributed by atoms with Gasteiger partial charge in [0.15, 0.2) is 11.5 Å². The predicted octanol–water partition coefficient (Wildman–Crippen LogP) is 4.15. The Kier molecular flexibility index (Phi) is 7.45. The van der Waals surface area contributed by atoms with E-state index in [4.69, 9.17) is 9.47 Å². The fourth-order valence-electron chi connectivity index (χ4n) is 1.76. The van der Waals surface area contributed by atoms with Gasteiger partial charge in [-0.2, -0.15) is 0 Å². The minimum atomic E-state index is 0.207. The summed E-state index contributed by atoms with van der Waals surface area (Å²) in [4.78, 5) is 0. The molecule has 0 aliphatic rings. The van der Waals surface area contributed by atoms with Crippen molar-refractivity contribution < 1.29 is 9.47 Å². The van der Waals surface area contributed by atoms with E-state index in [1.54, 1.807) is 0 Å². The van der Waals surface area contributed by atoms with Crippen LogP contribution in [0.1, 0.15) is 53.0 Å². The van der Waals surface area contributed by atoms with E-state index < -0.39 is 0 Å². The number of ether oxygens (including phenoxy) is 2. The van der Waals surface area contributed by atoms with Gasteiger partial charge in [0.1, 0.15) is 0 Å². The Bertz CT molecular complexity index is 393. The average Bonchev–Trinajstić information content (AvgIpc) is 2.47. The molecule has 1 rings (SSSR count). The van der Waals surface area contributed by atoms with E-state index in [0.717, 1.165) is 30.9 Å². The van der Waals surface area contributed by atoms with Crippen molar-refractivity contribution in [1.29, 1.82) is 0 Å². The Hall–Kier alpha value is -1.22. The van der Waals surface area contributed by atoms with Crippen LogP contribution in [0.2, 0.25) is 0 Å². The largest absolute Gasteiger partial charge is 0.490 e. The van der Waals surface area contributed by atoms with Gasteiger partial charge in [0, 0.05) is 12.6 Å². The minimum absolute atomic E-state index is 0.207. The van der Waals surface area contributed by atoms with Gasteiger partial charge < -0.3 is 14.8 Å². The molecule has 114 valence electrons. The molecule has 0 fully saturated rings. The smallest absolute Gasteiger partial charge is 0.161 e. The summed E-state index contributed by atoms with van der Waals surface area (Å²) < 4.78 is 11.6. The van der Waals surface area contributed by atoms with Gasteiger partial charge in [-0.05, 0) is 51.3 Å². The highest BCUT2D eigenvalue weighted by molar-refractivity contribution is 5.43. The van der Waals surface area contributed by atoms with E-state index in [9.17, 15) is 0 Å². The lowest BCUT2D eigenvalue weighted by atomic mass is 10.1. The monoisotopic (exact) mass is 279 g/mol. The first-order valence-electron chi connectivity index (χ1n) is 7.76. The Morgan fingerprint density at radius 2 is 1.80 bits per heavy atom. The molecule has 0 spiro atoms. The van der Waals surface area contributed by atoms with Crippen molar-refractivity contribution >= 4 is 0 Å². The molecule has 20 heavy (non-hydrogen) atoms. The van der Waals surface area contributed by atoms with E-state index in [-0.39, 0.29) is 6.10 Å². The maximum absolute atomic E-state index is 5.90. The van der Waals surface area contributed by atoms with E-state index in [0.29, 0.717) is 12.6 Å². The molecule has 3 heteroatoms. The molecule has 0 aliphatic carbocycles. The molecule has 0 saturated heterocycles. The van der Waals surface area contributed by atoms with Crippen molar-refractivity contribution in [1.82, 2.24) is 5.32 Å². The molecule has 3 nitrogen and oxygen atoms in total. The SMILES string of the molecule is CCOc1cc(CN[C@H](C)CC)ccc1O[C@@H](C)CC. The Morgan fingerprint density at radius 1 is 1.05 bits per heavy atom. The molecule has 0 radical (unpaired) electrons. The molecule has 1 aromatic carbocycles. The molecule has 0 aliphatic heterocycles. The molecule has 1 aromatic rings. The summed E-state index contributed by atoms with van der Waals surface area (Å²) in [6, 6.07) is 6.73. The lowest BCUT2D eigenvalue weighted by Gasteiger charge is -2.18. The Balaban J connectivity index is 2.77. The molecule has 0 unspecified atom stereocenters. The Labute approximate surface area is 123 Å². The van der Waals surface area contributed by atoms with Crippen LogP contribution in [0, 0.1) is 0 Å². The van der Waals surface area contributed by atoms with E-state index in [1.165, 1.54) is 5.56 Å². The van der Waals surface area contributed by atoms with Gasteiger partial charge in [-0.1, -0.05) is 19.9 Å². The fraction of sp³-hybridized carbons (Fsp3) is 0.647. The third-order valence-electron chi connectivity index (χ3n) is 3.48. The van der Waals surface area contributed by atoms with Crippen molar-refractivity contribution in [2.24, 2.45) is 0 Å². The van der Waals surface area contributed by atoms with Crippen molar-refractivity contribution in [3.63, 3.8) is 0 Å². The number of hydrogen-bond acceptors (Lipinski definition) is 3. The van der Waals surface area contributed by atoms with Crippen molar-refractivity contribution in [3.8, 4) is 11.5 Å². The van der Waals surface area contributed by atoms with E-state index in [1.807, 2.05) is 13.0 Å². The maximum Gasteiger partial charge on any atom is 0.161 e. The summed E-state index contributed by atoms with van der Waals surface area (Å²) in [7, 11) is 0. The molecule has 1 N–H and O–H groups in total. The second-order valence-electron chi connectivity index (χ2n) is 5.24. The van der Waals surface area contributed by atoms with Crippen LogP contribution < -0.4 is 14.8 Å². The predicted molar refractivity (Wildman–Crippen MR) is 84.6 cm³/mol. The van der Waals surface area contributed by atoms with Crippen LogP contribution >= 0.6 is 0 Å². The first-order valence-corrected chi connectivity index (χ1v) is 7.76. The molecular formula is C17H29NO2. The number of rotatable bonds is 9. The van der Waals surface area contributed by atoms with Crippen LogP contribution in [0.3, 0.4) is 0 Å². The molecular weight excluding hydrogens is 250 g/mol. The van der Waals surface area contributed by atoms with Gasteiger partial charge in [-0.15, -0.1) is 0 Å². The highest BCUT2D eigenvalue weighted by Crippen LogP contribution is 2.29. The van der Waals surface area contributed by atoms with E-state index >= 15 is 0 Å². The first-order chi connectivity index (χ1) is 9.60. The van der Waals surface area contributed by atoms with Gasteiger partial charge >= 0.3 is 0 Å². The van der Waals surface area contributed by atoms with Gasteiger partial charge in [0.2, 0.25) is 0 Å². The number of nitrogens with one attached hydrogen (secondary N) is 1. The highest BCUT2D eigenvalue weighted by Gasteiger charge is 2.10. The standard InChI is InChI=1S/C17H29NO2/c1-6-13(4)18-12-15-9-10-16(20-14(5)7-2)17(11-15)19-8-3/h9-11,13-14,18H,6-8,12H2,1-5H3/t13-,14+/m1/s1. The summed E-state index contributed by atoms with van der Waals surface area (Å²) in [5, 5.41) is 3.49. The summed E-state index contributed by atoms with van der Waals surface area (Å²) in [6.45, 7) is 12.1.